The number of benzene rings is 2. The molecule has 3 aromatic heterocycles. The maximum Gasteiger partial charge on any atom is 0.282 e. The van der Waals surface area contributed by atoms with Gasteiger partial charge < -0.3 is 5.11 Å². The minimum Gasteiger partial charge on any atom is -0.493 e. The van der Waals surface area contributed by atoms with Crippen LogP contribution in [-0.4, -0.2) is 36.3 Å². The SMILES string of the molecule is Cc1c2c(n(C=O)c(=O)/c1=C/C=Cc1c(C)c3c(O)n(-c4ccccc4)nc3n(C)c1=O)=NN(c1ccccc1)C2=O. The molecule has 0 aliphatic carbocycles. The van der Waals surface area contributed by atoms with E-state index < -0.39 is 11.5 Å². The van der Waals surface area contributed by atoms with Crippen LogP contribution in [0.25, 0.3) is 28.9 Å². The van der Waals surface area contributed by atoms with Gasteiger partial charge in [-0.2, -0.15) is 9.69 Å². The van der Waals surface area contributed by atoms with E-state index in [2.05, 4.69) is 10.2 Å². The van der Waals surface area contributed by atoms with E-state index in [0.717, 1.165) is 9.58 Å². The van der Waals surface area contributed by atoms with Crippen LogP contribution in [-0.2, 0) is 11.8 Å². The minimum atomic E-state index is -0.653. The number of hydrogen-bond donors (Lipinski definition) is 1. The summed E-state index contributed by atoms with van der Waals surface area (Å²) in [6.45, 7) is 3.32. The summed E-state index contributed by atoms with van der Waals surface area (Å²) in [4.78, 5) is 51.9. The summed E-state index contributed by atoms with van der Waals surface area (Å²) in [5, 5.41) is 21.4. The molecule has 42 heavy (non-hydrogen) atoms. The Balaban J connectivity index is 1.48. The molecule has 1 aliphatic heterocycles. The van der Waals surface area contributed by atoms with E-state index in [0.29, 0.717) is 39.9 Å². The first-order valence-corrected chi connectivity index (χ1v) is 13.0. The molecule has 1 amide bonds. The van der Waals surface area contributed by atoms with Crippen LogP contribution in [0.5, 0.6) is 5.88 Å². The molecule has 0 saturated heterocycles. The van der Waals surface area contributed by atoms with Gasteiger partial charge in [-0.1, -0.05) is 42.5 Å². The molecule has 0 spiro atoms. The van der Waals surface area contributed by atoms with E-state index in [1.807, 2.05) is 18.2 Å². The molecule has 0 unspecified atom stereocenters. The van der Waals surface area contributed by atoms with Gasteiger partial charge in [-0.3, -0.25) is 23.7 Å². The molecular weight excluding hydrogens is 536 g/mol. The number of anilines is 1. The Morgan fingerprint density at radius 2 is 1.50 bits per heavy atom. The maximum absolute atomic E-state index is 13.3. The highest BCUT2D eigenvalue weighted by atomic mass is 16.3. The molecule has 11 heteroatoms. The van der Waals surface area contributed by atoms with E-state index in [4.69, 9.17) is 0 Å². The number of hydrogen-bond acceptors (Lipinski definition) is 7. The van der Waals surface area contributed by atoms with Crippen molar-refractivity contribution in [1.29, 1.82) is 0 Å². The Labute approximate surface area is 237 Å². The standard InChI is InChI=1S/C31H24N6O5/c1-18-22(28(39)34(3)26-24(18)30(41)36(32-26)20-11-6-4-7-12-20)15-10-16-23-19(2)25-27(35(17-38)29(23)40)33-37(31(25)42)21-13-8-5-9-14-21/h4-17,41H,1-3H3/b15-10?,23-16+. The fourth-order valence-corrected chi connectivity index (χ4v) is 5.17. The quantitative estimate of drug-likeness (QED) is 0.327. The summed E-state index contributed by atoms with van der Waals surface area (Å²) < 4.78 is 3.52. The van der Waals surface area contributed by atoms with Gasteiger partial charge in [0, 0.05) is 17.8 Å². The number of carbonyl (C=O) groups is 2. The van der Waals surface area contributed by atoms with Crippen molar-refractivity contribution in [2.24, 2.45) is 12.1 Å². The zero-order chi connectivity index (χ0) is 29.7. The number of fused-ring (bicyclic) bond motifs is 2. The highest BCUT2D eigenvalue weighted by molar-refractivity contribution is 6.08. The van der Waals surface area contributed by atoms with Crippen LogP contribution >= 0.6 is 0 Å². The average molecular weight is 561 g/mol. The zero-order valence-corrected chi connectivity index (χ0v) is 22.8. The van der Waals surface area contributed by atoms with Gasteiger partial charge in [0.15, 0.2) is 11.1 Å². The number of allylic oxidation sites excluding steroid dienone is 1. The van der Waals surface area contributed by atoms with Crippen molar-refractivity contribution in [3.63, 3.8) is 0 Å². The first kappa shape index (κ1) is 26.4. The number of pyridine rings is 2. The largest absolute Gasteiger partial charge is 0.493 e. The van der Waals surface area contributed by atoms with Crippen LogP contribution in [0, 0.1) is 13.8 Å². The van der Waals surface area contributed by atoms with Crippen molar-refractivity contribution < 1.29 is 14.7 Å². The second-order valence-electron chi connectivity index (χ2n) is 9.77. The molecular formula is C31H24N6O5. The van der Waals surface area contributed by atoms with Crippen molar-refractivity contribution in [2.45, 2.75) is 13.8 Å². The van der Waals surface area contributed by atoms with Gasteiger partial charge >= 0.3 is 0 Å². The lowest BCUT2D eigenvalue weighted by Gasteiger charge is -2.11. The van der Waals surface area contributed by atoms with Crippen LogP contribution in [0.1, 0.15) is 27.0 Å². The summed E-state index contributed by atoms with van der Waals surface area (Å²) >= 11 is 0. The first-order chi connectivity index (χ1) is 20.2. The summed E-state index contributed by atoms with van der Waals surface area (Å²) in [6.07, 6.45) is 4.81. The maximum atomic E-state index is 13.3. The molecule has 208 valence electrons. The normalized spacial score (nSPS) is 13.3. The van der Waals surface area contributed by atoms with Gasteiger partial charge in [-0.25, -0.2) is 4.57 Å². The topological polar surface area (TPSA) is 132 Å². The number of aromatic hydroxyl groups is 1. The Kier molecular flexibility index (Phi) is 6.26. The van der Waals surface area contributed by atoms with Crippen molar-refractivity contribution in [1.82, 2.24) is 18.9 Å². The molecule has 5 aromatic rings. The lowest BCUT2D eigenvalue weighted by atomic mass is 10.1. The highest BCUT2D eigenvalue weighted by Gasteiger charge is 2.30. The van der Waals surface area contributed by atoms with Gasteiger partial charge in [-0.05, 0) is 61.4 Å². The molecule has 6 rings (SSSR count). The van der Waals surface area contributed by atoms with E-state index in [1.54, 1.807) is 63.4 Å². The second-order valence-corrected chi connectivity index (χ2v) is 9.77. The molecule has 0 fully saturated rings. The van der Waals surface area contributed by atoms with Gasteiger partial charge in [0.2, 0.25) is 12.3 Å². The van der Waals surface area contributed by atoms with Gasteiger partial charge in [0.25, 0.3) is 17.0 Å². The van der Waals surface area contributed by atoms with Crippen molar-refractivity contribution in [3.05, 3.63) is 120 Å². The summed E-state index contributed by atoms with van der Waals surface area (Å²) in [5.74, 6) is -0.583. The van der Waals surface area contributed by atoms with Gasteiger partial charge in [0.1, 0.15) is 0 Å². The zero-order valence-electron chi connectivity index (χ0n) is 22.8. The van der Waals surface area contributed by atoms with Crippen LogP contribution in [0.2, 0.25) is 0 Å². The Bertz CT molecular complexity index is 2210. The third-order valence-electron chi connectivity index (χ3n) is 7.39. The van der Waals surface area contributed by atoms with Crippen LogP contribution in [0.15, 0.2) is 81.4 Å². The number of nitrogens with zero attached hydrogens (tertiary/aromatic N) is 6. The summed E-state index contributed by atoms with van der Waals surface area (Å²) in [6, 6.07) is 17.8. The number of para-hydroxylation sites is 2. The third-order valence-corrected chi connectivity index (χ3v) is 7.39. The van der Waals surface area contributed by atoms with E-state index >= 15 is 0 Å². The smallest absolute Gasteiger partial charge is 0.282 e. The Morgan fingerprint density at radius 1 is 0.857 bits per heavy atom. The first-order valence-electron chi connectivity index (χ1n) is 13.0. The molecule has 4 heterocycles. The monoisotopic (exact) mass is 560 g/mol. The predicted octanol–water partition coefficient (Wildman–Crippen LogP) is 1.94. The molecule has 11 nitrogen and oxygen atoms in total. The molecule has 0 bridgehead atoms. The van der Waals surface area contributed by atoms with E-state index in [9.17, 15) is 24.3 Å². The lowest BCUT2D eigenvalue weighted by Crippen LogP contribution is -2.46. The fraction of sp³-hybridized carbons (Fsp3) is 0.0968. The summed E-state index contributed by atoms with van der Waals surface area (Å²) in [5.41, 5.74) is 1.66. The number of rotatable bonds is 5. The van der Waals surface area contributed by atoms with Gasteiger partial charge in [0.05, 0.1) is 22.3 Å². The third kappa shape index (κ3) is 3.90. The van der Waals surface area contributed by atoms with Gasteiger partial charge in [-0.15, -0.1) is 10.2 Å². The minimum absolute atomic E-state index is 0.0384. The van der Waals surface area contributed by atoms with Crippen molar-refractivity contribution in [2.75, 3.05) is 5.01 Å². The van der Waals surface area contributed by atoms with Crippen LogP contribution in [0.3, 0.4) is 0 Å². The van der Waals surface area contributed by atoms with Crippen molar-refractivity contribution >= 4 is 41.2 Å². The second kappa shape index (κ2) is 9.97. The highest BCUT2D eigenvalue weighted by Crippen LogP contribution is 2.30. The number of aryl methyl sites for hydroxylation is 2. The lowest BCUT2D eigenvalue weighted by molar-refractivity contribution is 0.0994. The average Bonchev–Trinajstić information content (AvgIpc) is 3.53. The number of aromatic nitrogens is 4. The number of carbonyl (C=O) groups excluding carboxylic acids is 2. The molecule has 0 radical (unpaired) electrons. The van der Waals surface area contributed by atoms with Crippen molar-refractivity contribution in [3.8, 4) is 11.6 Å². The predicted molar refractivity (Wildman–Crippen MR) is 158 cm³/mol. The van der Waals surface area contributed by atoms with Crippen LogP contribution in [0.4, 0.5) is 5.69 Å². The molecule has 0 saturated carbocycles. The fourth-order valence-electron chi connectivity index (χ4n) is 5.17. The molecule has 2 aromatic carbocycles. The van der Waals surface area contributed by atoms with E-state index in [-0.39, 0.29) is 33.3 Å². The Hall–Kier alpha value is -5.84. The molecule has 1 aliphatic rings. The number of amides is 1. The molecule has 1 N–H and O–H groups in total. The molecule has 0 atom stereocenters. The summed E-state index contributed by atoms with van der Waals surface area (Å²) in [7, 11) is 1.56. The van der Waals surface area contributed by atoms with E-state index in [1.165, 1.54) is 27.5 Å². The van der Waals surface area contributed by atoms with Crippen LogP contribution < -0.4 is 26.8 Å². The Morgan fingerprint density at radius 3 is 2.14 bits per heavy atom.